The number of carbonyl (C=O) groups is 1. The quantitative estimate of drug-likeness (QED) is 0.667. The van der Waals surface area contributed by atoms with Crippen molar-refractivity contribution in [3.05, 3.63) is 36.0 Å². The van der Waals surface area contributed by atoms with Crippen molar-refractivity contribution >= 4 is 23.2 Å². The number of carbonyl (C=O) groups excluding carboxylic acids is 1. The summed E-state index contributed by atoms with van der Waals surface area (Å²) in [5, 5.41) is 3.20. The summed E-state index contributed by atoms with van der Waals surface area (Å²) in [5.41, 5.74) is 8.90. The summed E-state index contributed by atoms with van der Waals surface area (Å²) in [6.07, 6.45) is 1.12. The number of rotatable bonds is 4. The Morgan fingerprint density at radius 3 is 2.76 bits per heavy atom. The van der Waals surface area contributed by atoms with Crippen LogP contribution in [0.1, 0.15) is 12.5 Å². The maximum Gasteiger partial charge on any atom is 0.515 e. The van der Waals surface area contributed by atoms with Crippen LogP contribution in [0.15, 0.2) is 30.5 Å². The summed E-state index contributed by atoms with van der Waals surface area (Å²) in [4.78, 5) is 11.5. The summed E-state index contributed by atoms with van der Waals surface area (Å²) >= 11 is 0. The van der Waals surface area contributed by atoms with Crippen molar-refractivity contribution in [3.8, 4) is 5.88 Å². The molecule has 2 rings (SSSR count). The van der Waals surface area contributed by atoms with Gasteiger partial charge in [0.05, 0.1) is 18.0 Å². The molecule has 0 saturated carbocycles. The fourth-order valence-electron chi connectivity index (χ4n) is 2.01. The number of hydrogen-bond donors (Lipinski definition) is 2. The van der Waals surface area contributed by atoms with Crippen LogP contribution in [0.2, 0.25) is 0 Å². The van der Waals surface area contributed by atoms with Gasteiger partial charge in [-0.1, -0.05) is 12.1 Å². The highest BCUT2D eigenvalue weighted by Gasteiger charge is 2.17. The fourth-order valence-corrected chi connectivity index (χ4v) is 2.01. The number of nitrogens with zero attached hydrogens (tertiary/aromatic N) is 1. The van der Waals surface area contributed by atoms with Gasteiger partial charge in [-0.05, 0) is 31.5 Å². The Labute approximate surface area is 123 Å². The van der Waals surface area contributed by atoms with E-state index in [4.69, 9.17) is 15.2 Å². The maximum atomic E-state index is 11.5. The van der Waals surface area contributed by atoms with Crippen molar-refractivity contribution in [1.29, 1.82) is 0 Å². The van der Waals surface area contributed by atoms with Crippen LogP contribution in [0, 0.1) is 6.92 Å². The van der Waals surface area contributed by atoms with Gasteiger partial charge < -0.3 is 25.1 Å². The largest absolute Gasteiger partial charge is 0.515 e. The van der Waals surface area contributed by atoms with Gasteiger partial charge >= 0.3 is 6.16 Å². The lowest BCUT2D eigenvalue weighted by Gasteiger charge is -2.12. The predicted octanol–water partition coefficient (Wildman–Crippen LogP) is 3.19. The van der Waals surface area contributed by atoms with E-state index in [-0.39, 0.29) is 6.61 Å². The molecular formula is C15H19N3O3. The molecule has 1 aromatic carbocycles. The first-order valence-corrected chi connectivity index (χ1v) is 6.65. The van der Waals surface area contributed by atoms with E-state index < -0.39 is 6.16 Å². The van der Waals surface area contributed by atoms with Crippen LogP contribution < -0.4 is 15.8 Å². The second-order valence-corrected chi connectivity index (χ2v) is 4.60. The molecule has 1 heterocycles. The normalized spacial score (nSPS) is 10.2. The number of hydrogen-bond acceptors (Lipinski definition) is 5. The number of ether oxygens (including phenoxy) is 2. The zero-order valence-electron chi connectivity index (χ0n) is 12.3. The third kappa shape index (κ3) is 3.28. The molecule has 6 nitrogen and oxygen atoms in total. The van der Waals surface area contributed by atoms with Crippen LogP contribution >= 0.6 is 0 Å². The van der Waals surface area contributed by atoms with E-state index in [1.807, 2.05) is 31.3 Å². The average Bonchev–Trinajstić information content (AvgIpc) is 2.68. The molecule has 0 unspecified atom stereocenters. The van der Waals surface area contributed by atoms with Crippen LogP contribution in [-0.2, 0) is 11.8 Å². The van der Waals surface area contributed by atoms with Crippen LogP contribution in [0.25, 0.3) is 0 Å². The fraction of sp³-hybridized carbons (Fsp3) is 0.267. The standard InChI is InChI=1S/C15H19N3O3/c1-4-20-15(19)21-14-13(10(2)9-18(14)3)17-12-8-6-5-7-11(12)16/h5-9,17H,4,16H2,1-3H3. The molecule has 0 saturated heterocycles. The van der Waals surface area contributed by atoms with Gasteiger partial charge in [-0.3, -0.25) is 0 Å². The minimum absolute atomic E-state index is 0.261. The van der Waals surface area contributed by atoms with Crippen molar-refractivity contribution < 1.29 is 14.3 Å². The molecule has 6 heteroatoms. The molecule has 1 aromatic heterocycles. The topological polar surface area (TPSA) is 78.5 Å². The molecule has 0 aliphatic carbocycles. The Kier molecular flexibility index (Phi) is 4.37. The van der Waals surface area contributed by atoms with Gasteiger partial charge in [0.15, 0.2) is 0 Å². The van der Waals surface area contributed by atoms with E-state index in [0.29, 0.717) is 17.3 Å². The number of benzene rings is 1. The molecule has 0 spiro atoms. The summed E-state index contributed by atoms with van der Waals surface area (Å²) < 4.78 is 11.8. The highest BCUT2D eigenvalue weighted by molar-refractivity contribution is 5.78. The summed E-state index contributed by atoms with van der Waals surface area (Å²) in [7, 11) is 1.79. The first kappa shape index (κ1) is 14.8. The number of anilines is 3. The van der Waals surface area contributed by atoms with E-state index in [1.165, 1.54) is 0 Å². The molecule has 21 heavy (non-hydrogen) atoms. The van der Waals surface area contributed by atoms with E-state index in [9.17, 15) is 4.79 Å². The Morgan fingerprint density at radius 2 is 2.10 bits per heavy atom. The van der Waals surface area contributed by atoms with Crippen LogP contribution in [0.5, 0.6) is 5.88 Å². The minimum atomic E-state index is -0.734. The number of nitrogens with two attached hydrogens (primary N) is 1. The SMILES string of the molecule is CCOC(=O)Oc1c(Nc2ccccc2N)c(C)cn1C. The zero-order valence-corrected chi connectivity index (χ0v) is 12.3. The Bertz CT molecular complexity index is 650. The molecular weight excluding hydrogens is 270 g/mol. The van der Waals surface area contributed by atoms with Crippen molar-refractivity contribution in [3.63, 3.8) is 0 Å². The smallest absolute Gasteiger partial charge is 0.434 e. The van der Waals surface area contributed by atoms with Crippen molar-refractivity contribution in [2.45, 2.75) is 13.8 Å². The van der Waals surface area contributed by atoms with Crippen molar-refractivity contribution in [2.75, 3.05) is 17.7 Å². The molecule has 0 radical (unpaired) electrons. The lowest BCUT2D eigenvalue weighted by atomic mass is 10.2. The second-order valence-electron chi connectivity index (χ2n) is 4.60. The lowest BCUT2D eigenvalue weighted by molar-refractivity contribution is 0.102. The van der Waals surface area contributed by atoms with Gasteiger partial charge in [0.25, 0.3) is 0 Å². The highest BCUT2D eigenvalue weighted by atomic mass is 16.7. The van der Waals surface area contributed by atoms with Crippen LogP contribution in [0.4, 0.5) is 21.9 Å². The number of nitrogens with one attached hydrogen (secondary N) is 1. The zero-order chi connectivity index (χ0) is 15.4. The molecule has 3 N–H and O–H groups in total. The highest BCUT2D eigenvalue weighted by Crippen LogP contribution is 2.34. The van der Waals surface area contributed by atoms with Gasteiger partial charge in [-0.2, -0.15) is 0 Å². The number of aryl methyl sites for hydroxylation is 2. The van der Waals surface area contributed by atoms with Gasteiger partial charge in [0, 0.05) is 13.2 Å². The van der Waals surface area contributed by atoms with E-state index >= 15 is 0 Å². The summed E-state index contributed by atoms with van der Waals surface area (Å²) in [5.74, 6) is 0.384. The molecule has 0 amide bonds. The first-order valence-electron chi connectivity index (χ1n) is 6.65. The minimum Gasteiger partial charge on any atom is -0.434 e. The molecule has 0 fully saturated rings. The first-order chi connectivity index (χ1) is 10.0. The molecule has 0 atom stereocenters. The maximum absolute atomic E-state index is 11.5. The number of nitrogen functional groups attached to an aromatic ring is 1. The molecule has 2 aromatic rings. The van der Waals surface area contributed by atoms with Gasteiger partial charge in [0.2, 0.25) is 5.88 Å². The molecule has 112 valence electrons. The average molecular weight is 289 g/mol. The van der Waals surface area contributed by atoms with Gasteiger partial charge in [0.1, 0.15) is 5.69 Å². The summed E-state index contributed by atoms with van der Waals surface area (Å²) in [6, 6.07) is 7.39. The lowest BCUT2D eigenvalue weighted by Crippen LogP contribution is -2.13. The predicted molar refractivity (Wildman–Crippen MR) is 81.9 cm³/mol. The Hall–Kier alpha value is -2.63. The van der Waals surface area contributed by atoms with E-state index in [1.54, 1.807) is 24.6 Å². The molecule has 0 bridgehead atoms. The van der Waals surface area contributed by atoms with Crippen LogP contribution in [-0.4, -0.2) is 17.3 Å². The van der Waals surface area contributed by atoms with E-state index in [0.717, 1.165) is 11.3 Å². The van der Waals surface area contributed by atoms with Crippen LogP contribution in [0.3, 0.4) is 0 Å². The Balaban J connectivity index is 2.31. The van der Waals surface area contributed by atoms with Gasteiger partial charge in [-0.15, -0.1) is 0 Å². The molecule has 0 aliphatic rings. The summed E-state index contributed by atoms with van der Waals surface area (Å²) in [6.45, 7) is 3.90. The third-order valence-corrected chi connectivity index (χ3v) is 2.98. The number of aromatic nitrogens is 1. The molecule has 0 aliphatic heterocycles. The van der Waals surface area contributed by atoms with E-state index in [2.05, 4.69) is 5.32 Å². The third-order valence-electron chi connectivity index (χ3n) is 2.98. The monoisotopic (exact) mass is 289 g/mol. The van der Waals surface area contributed by atoms with Crippen molar-refractivity contribution in [2.24, 2.45) is 7.05 Å². The number of para-hydroxylation sites is 2. The second kappa shape index (κ2) is 6.21. The Morgan fingerprint density at radius 1 is 1.38 bits per heavy atom. The van der Waals surface area contributed by atoms with Gasteiger partial charge in [-0.25, -0.2) is 4.79 Å². The van der Waals surface area contributed by atoms with Crippen molar-refractivity contribution in [1.82, 2.24) is 4.57 Å².